The number of hydrogen-bond acceptors (Lipinski definition) is 3. The Labute approximate surface area is 152 Å². The number of rotatable bonds is 2. The maximum Gasteiger partial charge on any atom is 0.282 e. The van der Waals surface area contributed by atoms with E-state index in [1.807, 2.05) is 41.1 Å². The van der Waals surface area contributed by atoms with E-state index >= 15 is 0 Å². The van der Waals surface area contributed by atoms with Crippen molar-refractivity contribution in [3.63, 3.8) is 0 Å². The first-order valence-electron chi connectivity index (χ1n) is 7.15. The summed E-state index contributed by atoms with van der Waals surface area (Å²) in [7, 11) is 0. The zero-order chi connectivity index (χ0) is 16.7. The molecule has 1 aromatic heterocycles. The van der Waals surface area contributed by atoms with Crippen molar-refractivity contribution in [3.05, 3.63) is 74.9 Å². The predicted octanol–water partition coefficient (Wildman–Crippen LogP) is 5.85. The monoisotopic (exact) mass is 372 g/mol. The molecule has 0 N–H and O–H groups in total. The molecule has 0 unspecified atom stereocenters. The van der Waals surface area contributed by atoms with Gasteiger partial charge >= 0.3 is 0 Å². The maximum atomic E-state index is 13.0. The maximum absolute atomic E-state index is 13.0. The molecule has 0 saturated carbocycles. The first kappa shape index (κ1) is 15.4. The van der Waals surface area contributed by atoms with Crippen LogP contribution < -0.4 is 4.90 Å². The van der Waals surface area contributed by atoms with Crippen molar-refractivity contribution in [1.82, 2.24) is 0 Å². The van der Waals surface area contributed by atoms with Crippen molar-refractivity contribution in [2.75, 3.05) is 4.90 Å². The molecule has 6 heteroatoms. The number of amides is 1. The summed E-state index contributed by atoms with van der Waals surface area (Å²) in [6, 6.07) is 14.6. The van der Waals surface area contributed by atoms with Crippen LogP contribution in [0, 0.1) is 0 Å². The van der Waals surface area contributed by atoms with Gasteiger partial charge in [-0.15, -0.1) is 0 Å². The van der Waals surface area contributed by atoms with Crippen molar-refractivity contribution in [2.24, 2.45) is 4.99 Å². The second-order valence-corrected chi connectivity index (χ2v) is 6.79. The summed E-state index contributed by atoms with van der Waals surface area (Å²) in [5, 5.41) is 4.75. The standard InChI is InChI=1S/C18H10Cl2N2OS/c19-14-6-5-11(9-15(14)20)21-17-13-3-1-2-4-16(13)22(18(17)23)12-7-8-24-10-12/h1-10H. The molecule has 0 bridgehead atoms. The van der Waals surface area contributed by atoms with Gasteiger partial charge in [-0.05, 0) is 35.7 Å². The lowest BCUT2D eigenvalue weighted by atomic mass is 10.1. The average Bonchev–Trinajstić information content (AvgIpc) is 3.18. The number of thiophene rings is 1. The summed E-state index contributed by atoms with van der Waals surface area (Å²) < 4.78 is 0. The number of nitrogens with zero attached hydrogens (tertiary/aromatic N) is 2. The van der Waals surface area contributed by atoms with E-state index in [1.54, 1.807) is 34.4 Å². The second-order valence-electron chi connectivity index (χ2n) is 5.20. The van der Waals surface area contributed by atoms with Crippen LogP contribution in [0.15, 0.2) is 64.3 Å². The molecule has 24 heavy (non-hydrogen) atoms. The highest BCUT2D eigenvalue weighted by Crippen LogP contribution is 2.37. The van der Waals surface area contributed by atoms with Gasteiger partial charge in [0, 0.05) is 10.9 Å². The van der Waals surface area contributed by atoms with Crippen LogP contribution in [0.3, 0.4) is 0 Å². The zero-order valence-electron chi connectivity index (χ0n) is 12.2. The minimum atomic E-state index is -0.152. The topological polar surface area (TPSA) is 32.7 Å². The smallest absolute Gasteiger partial charge is 0.274 e. The van der Waals surface area contributed by atoms with Crippen molar-refractivity contribution in [1.29, 1.82) is 0 Å². The Balaban J connectivity index is 1.86. The lowest BCUT2D eigenvalue weighted by molar-refractivity contribution is -0.111. The Hall–Kier alpha value is -2.14. The number of halogens is 2. The quantitative estimate of drug-likeness (QED) is 0.554. The van der Waals surface area contributed by atoms with E-state index in [0.717, 1.165) is 16.9 Å². The highest BCUT2D eigenvalue weighted by Gasteiger charge is 2.34. The lowest BCUT2D eigenvalue weighted by Crippen LogP contribution is -2.24. The summed E-state index contributed by atoms with van der Waals surface area (Å²) in [6.45, 7) is 0. The van der Waals surface area contributed by atoms with Crippen LogP contribution in [0.1, 0.15) is 5.56 Å². The number of carbonyl (C=O) groups is 1. The molecular formula is C18H10Cl2N2OS. The average molecular weight is 373 g/mol. The lowest BCUT2D eigenvalue weighted by Gasteiger charge is -2.14. The third-order valence-electron chi connectivity index (χ3n) is 3.71. The molecule has 0 fully saturated rings. The van der Waals surface area contributed by atoms with Crippen LogP contribution in [-0.4, -0.2) is 11.6 Å². The molecule has 118 valence electrons. The molecular weight excluding hydrogens is 363 g/mol. The highest BCUT2D eigenvalue weighted by molar-refractivity contribution is 7.08. The van der Waals surface area contributed by atoms with Gasteiger partial charge in [-0.25, -0.2) is 4.99 Å². The summed E-state index contributed by atoms with van der Waals surface area (Å²) >= 11 is 13.5. The number of hydrogen-bond donors (Lipinski definition) is 0. The molecule has 2 heterocycles. The van der Waals surface area contributed by atoms with E-state index in [2.05, 4.69) is 4.99 Å². The Bertz CT molecular complexity index is 967. The van der Waals surface area contributed by atoms with Gasteiger partial charge in [0.15, 0.2) is 0 Å². The Morgan fingerprint density at radius 1 is 1.00 bits per heavy atom. The van der Waals surface area contributed by atoms with E-state index in [-0.39, 0.29) is 5.91 Å². The van der Waals surface area contributed by atoms with Gasteiger partial charge in [0.25, 0.3) is 5.91 Å². The van der Waals surface area contributed by atoms with E-state index in [9.17, 15) is 4.79 Å². The fourth-order valence-electron chi connectivity index (χ4n) is 2.63. The van der Waals surface area contributed by atoms with Gasteiger partial charge in [-0.3, -0.25) is 9.69 Å². The molecule has 1 amide bonds. The normalized spacial score (nSPS) is 15.2. The molecule has 3 nitrogen and oxygen atoms in total. The largest absolute Gasteiger partial charge is 0.282 e. The summed E-state index contributed by atoms with van der Waals surface area (Å²) in [5.41, 5.74) is 3.47. The molecule has 1 aliphatic rings. The Kier molecular flexibility index (Phi) is 3.88. The number of para-hydroxylation sites is 1. The number of benzene rings is 2. The molecule has 1 aliphatic heterocycles. The van der Waals surface area contributed by atoms with Crippen molar-refractivity contribution in [3.8, 4) is 0 Å². The van der Waals surface area contributed by atoms with Crippen molar-refractivity contribution in [2.45, 2.75) is 0 Å². The minimum Gasteiger partial charge on any atom is -0.274 e. The molecule has 0 atom stereocenters. The van der Waals surface area contributed by atoms with Crippen LogP contribution in [-0.2, 0) is 4.79 Å². The van der Waals surface area contributed by atoms with E-state index in [0.29, 0.717) is 21.4 Å². The number of aliphatic imine (C=N–C) groups is 1. The van der Waals surface area contributed by atoms with Gasteiger partial charge in [0.2, 0.25) is 0 Å². The van der Waals surface area contributed by atoms with Gasteiger partial charge < -0.3 is 0 Å². The fraction of sp³-hybridized carbons (Fsp3) is 0. The SMILES string of the molecule is O=C1C(=Nc2ccc(Cl)c(Cl)c2)c2ccccc2N1c1ccsc1. The molecule has 0 aliphatic carbocycles. The van der Waals surface area contributed by atoms with Crippen LogP contribution in [0.5, 0.6) is 0 Å². The Morgan fingerprint density at radius 2 is 1.83 bits per heavy atom. The third-order valence-corrected chi connectivity index (χ3v) is 5.12. The van der Waals surface area contributed by atoms with Gasteiger partial charge in [-0.2, -0.15) is 11.3 Å². The molecule has 0 radical (unpaired) electrons. The van der Waals surface area contributed by atoms with Gasteiger partial charge in [-0.1, -0.05) is 41.4 Å². The summed E-state index contributed by atoms with van der Waals surface area (Å²) in [5.74, 6) is -0.152. The predicted molar refractivity (Wildman–Crippen MR) is 101 cm³/mol. The second kappa shape index (κ2) is 6.06. The zero-order valence-corrected chi connectivity index (χ0v) is 14.6. The molecule has 0 spiro atoms. The number of anilines is 2. The Morgan fingerprint density at radius 3 is 2.58 bits per heavy atom. The van der Waals surface area contributed by atoms with E-state index < -0.39 is 0 Å². The van der Waals surface area contributed by atoms with Crippen LogP contribution in [0.4, 0.5) is 17.1 Å². The molecule has 0 saturated heterocycles. The first-order chi connectivity index (χ1) is 11.6. The molecule has 4 rings (SSSR count). The number of fused-ring (bicyclic) bond motifs is 1. The van der Waals surface area contributed by atoms with Gasteiger partial charge in [0.05, 0.1) is 27.1 Å². The number of carbonyl (C=O) groups excluding carboxylic acids is 1. The van der Waals surface area contributed by atoms with E-state index in [4.69, 9.17) is 23.2 Å². The summed E-state index contributed by atoms with van der Waals surface area (Å²) in [6.07, 6.45) is 0. The van der Waals surface area contributed by atoms with Crippen LogP contribution in [0.2, 0.25) is 10.0 Å². The highest BCUT2D eigenvalue weighted by atomic mass is 35.5. The molecule has 3 aromatic rings. The minimum absolute atomic E-state index is 0.152. The summed E-state index contributed by atoms with van der Waals surface area (Å²) in [4.78, 5) is 19.2. The van der Waals surface area contributed by atoms with Crippen molar-refractivity contribution < 1.29 is 4.79 Å². The van der Waals surface area contributed by atoms with Crippen LogP contribution in [0.25, 0.3) is 0 Å². The first-order valence-corrected chi connectivity index (χ1v) is 8.85. The van der Waals surface area contributed by atoms with E-state index in [1.165, 1.54) is 0 Å². The fourth-order valence-corrected chi connectivity index (χ4v) is 3.54. The van der Waals surface area contributed by atoms with Gasteiger partial charge in [0.1, 0.15) is 5.71 Å². The third kappa shape index (κ3) is 2.53. The molecule has 2 aromatic carbocycles. The van der Waals surface area contributed by atoms with Crippen LogP contribution >= 0.6 is 34.5 Å². The van der Waals surface area contributed by atoms with Crippen molar-refractivity contribution >= 4 is 63.2 Å².